The molecule has 0 radical (unpaired) electrons. The van der Waals surface area contributed by atoms with Gasteiger partial charge in [0, 0.05) is 6.54 Å². The van der Waals surface area contributed by atoms with Crippen LogP contribution in [0.2, 0.25) is 0 Å². The number of hydrogen-bond acceptors (Lipinski definition) is 3. The Bertz CT molecular complexity index is 344. The lowest BCUT2D eigenvalue weighted by atomic mass is 10.2. The Hall–Kier alpha value is -1.60. The predicted molar refractivity (Wildman–Crippen MR) is 53.3 cm³/mol. The van der Waals surface area contributed by atoms with Gasteiger partial charge in [0.05, 0.1) is 11.3 Å². The van der Waals surface area contributed by atoms with Crippen molar-refractivity contribution in [2.45, 2.75) is 6.42 Å². The second kappa shape index (κ2) is 5.20. The third-order valence-electron chi connectivity index (χ3n) is 1.80. The average Bonchev–Trinajstić information content (AvgIpc) is 2.20. The molecular formula is C10H12FN3. The molecule has 0 aromatic heterocycles. The van der Waals surface area contributed by atoms with Crippen molar-refractivity contribution in [2.75, 3.05) is 18.4 Å². The minimum Gasteiger partial charge on any atom is -0.384 e. The van der Waals surface area contributed by atoms with Crippen molar-refractivity contribution in [3.63, 3.8) is 0 Å². The minimum atomic E-state index is -0.397. The lowest BCUT2D eigenvalue weighted by molar-refractivity contribution is 0.627. The van der Waals surface area contributed by atoms with Crippen molar-refractivity contribution >= 4 is 5.69 Å². The topological polar surface area (TPSA) is 61.8 Å². The van der Waals surface area contributed by atoms with Crippen molar-refractivity contribution in [3.05, 3.63) is 29.6 Å². The summed E-state index contributed by atoms with van der Waals surface area (Å²) in [5.41, 5.74) is 6.30. The van der Waals surface area contributed by atoms with Gasteiger partial charge in [-0.2, -0.15) is 5.26 Å². The number of hydrogen-bond donors (Lipinski definition) is 2. The maximum atomic E-state index is 12.7. The van der Waals surface area contributed by atoms with Gasteiger partial charge in [-0.15, -0.1) is 0 Å². The van der Waals surface area contributed by atoms with E-state index in [4.69, 9.17) is 11.0 Å². The van der Waals surface area contributed by atoms with Gasteiger partial charge < -0.3 is 11.1 Å². The fourth-order valence-corrected chi connectivity index (χ4v) is 1.09. The van der Waals surface area contributed by atoms with E-state index in [0.717, 1.165) is 6.42 Å². The molecule has 0 saturated heterocycles. The number of anilines is 1. The van der Waals surface area contributed by atoms with E-state index in [0.29, 0.717) is 24.3 Å². The van der Waals surface area contributed by atoms with Gasteiger partial charge in [-0.25, -0.2) is 4.39 Å². The summed E-state index contributed by atoms with van der Waals surface area (Å²) in [7, 11) is 0. The Morgan fingerprint density at radius 2 is 2.29 bits per heavy atom. The van der Waals surface area contributed by atoms with E-state index >= 15 is 0 Å². The van der Waals surface area contributed by atoms with Gasteiger partial charge in [0.25, 0.3) is 0 Å². The Morgan fingerprint density at radius 1 is 1.50 bits per heavy atom. The standard InChI is InChI=1S/C10H12FN3/c11-9-2-3-10(8(6-9)7-13)14-5-1-4-12/h2-3,6,14H,1,4-5,12H2. The van der Waals surface area contributed by atoms with Crippen molar-refractivity contribution in [2.24, 2.45) is 5.73 Å². The first-order valence-electron chi connectivity index (χ1n) is 4.41. The highest BCUT2D eigenvalue weighted by Gasteiger charge is 2.01. The van der Waals surface area contributed by atoms with Crippen molar-refractivity contribution < 1.29 is 4.39 Å². The van der Waals surface area contributed by atoms with E-state index < -0.39 is 5.82 Å². The first-order chi connectivity index (χ1) is 6.77. The Labute approximate surface area is 82.3 Å². The molecule has 0 bridgehead atoms. The molecule has 74 valence electrons. The van der Waals surface area contributed by atoms with Gasteiger partial charge in [0.1, 0.15) is 11.9 Å². The highest BCUT2D eigenvalue weighted by Crippen LogP contribution is 2.15. The molecule has 0 aliphatic heterocycles. The molecule has 0 saturated carbocycles. The van der Waals surface area contributed by atoms with Crippen molar-refractivity contribution in [1.82, 2.24) is 0 Å². The van der Waals surface area contributed by atoms with Gasteiger partial charge in [-0.05, 0) is 31.2 Å². The molecule has 0 heterocycles. The smallest absolute Gasteiger partial charge is 0.124 e. The van der Waals surface area contributed by atoms with E-state index in [1.807, 2.05) is 6.07 Å². The van der Waals surface area contributed by atoms with Crippen LogP contribution in [0.3, 0.4) is 0 Å². The zero-order valence-electron chi connectivity index (χ0n) is 7.76. The molecule has 0 amide bonds. The summed E-state index contributed by atoms with van der Waals surface area (Å²) < 4.78 is 12.7. The first kappa shape index (κ1) is 10.5. The fourth-order valence-electron chi connectivity index (χ4n) is 1.09. The van der Waals surface area contributed by atoms with Gasteiger partial charge in [0.15, 0.2) is 0 Å². The van der Waals surface area contributed by atoms with Crippen LogP contribution in [-0.2, 0) is 0 Å². The van der Waals surface area contributed by atoms with Crippen LogP contribution in [0.15, 0.2) is 18.2 Å². The Kier molecular flexibility index (Phi) is 3.89. The summed E-state index contributed by atoms with van der Waals surface area (Å²) in [6, 6.07) is 6.03. The molecule has 0 spiro atoms. The predicted octanol–water partition coefficient (Wildman–Crippen LogP) is 1.46. The Morgan fingerprint density at radius 3 is 2.93 bits per heavy atom. The van der Waals surface area contributed by atoms with Crippen LogP contribution in [0, 0.1) is 17.1 Å². The first-order valence-corrected chi connectivity index (χ1v) is 4.41. The molecule has 1 aromatic carbocycles. The van der Waals surface area contributed by atoms with Crippen LogP contribution in [0.25, 0.3) is 0 Å². The summed E-state index contributed by atoms with van der Waals surface area (Å²) in [4.78, 5) is 0. The molecule has 0 aliphatic carbocycles. The highest BCUT2D eigenvalue weighted by atomic mass is 19.1. The van der Waals surface area contributed by atoms with E-state index in [9.17, 15) is 4.39 Å². The number of nitrogens with one attached hydrogen (secondary N) is 1. The number of nitrogens with two attached hydrogens (primary N) is 1. The summed E-state index contributed by atoms with van der Waals surface area (Å²) in [6.45, 7) is 1.28. The second-order valence-corrected chi connectivity index (χ2v) is 2.87. The third kappa shape index (κ3) is 2.71. The quantitative estimate of drug-likeness (QED) is 0.711. The van der Waals surface area contributed by atoms with Crippen molar-refractivity contribution in [3.8, 4) is 6.07 Å². The van der Waals surface area contributed by atoms with Gasteiger partial charge in [-0.3, -0.25) is 0 Å². The number of nitriles is 1. The maximum Gasteiger partial charge on any atom is 0.124 e. The molecule has 1 rings (SSSR count). The lowest BCUT2D eigenvalue weighted by Crippen LogP contribution is -2.09. The molecule has 1 aromatic rings. The largest absolute Gasteiger partial charge is 0.384 e. The molecule has 3 N–H and O–H groups in total. The number of rotatable bonds is 4. The zero-order valence-corrected chi connectivity index (χ0v) is 7.76. The Balaban J connectivity index is 2.72. The van der Waals surface area contributed by atoms with Crippen LogP contribution in [0.5, 0.6) is 0 Å². The van der Waals surface area contributed by atoms with Gasteiger partial charge in [0.2, 0.25) is 0 Å². The van der Waals surface area contributed by atoms with E-state index in [1.54, 1.807) is 6.07 Å². The minimum absolute atomic E-state index is 0.321. The van der Waals surface area contributed by atoms with Crippen molar-refractivity contribution in [1.29, 1.82) is 5.26 Å². The molecule has 3 nitrogen and oxygen atoms in total. The zero-order chi connectivity index (χ0) is 10.4. The fraction of sp³-hybridized carbons (Fsp3) is 0.300. The average molecular weight is 193 g/mol. The summed E-state index contributed by atoms with van der Waals surface area (Å²) in [5, 5.41) is 11.7. The summed E-state index contributed by atoms with van der Waals surface area (Å²) in [5.74, 6) is -0.397. The molecule has 0 fully saturated rings. The van der Waals surface area contributed by atoms with E-state index in [1.165, 1.54) is 12.1 Å². The van der Waals surface area contributed by atoms with Crippen LogP contribution >= 0.6 is 0 Å². The third-order valence-corrected chi connectivity index (χ3v) is 1.80. The highest BCUT2D eigenvalue weighted by molar-refractivity contribution is 5.57. The monoisotopic (exact) mass is 193 g/mol. The molecule has 4 heteroatoms. The van der Waals surface area contributed by atoms with E-state index in [-0.39, 0.29) is 0 Å². The summed E-state index contributed by atoms with van der Waals surface area (Å²) >= 11 is 0. The molecular weight excluding hydrogens is 181 g/mol. The number of nitrogens with zero attached hydrogens (tertiary/aromatic N) is 1. The number of benzene rings is 1. The molecule has 14 heavy (non-hydrogen) atoms. The normalized spacial score (nSPS) is 9.50. The molecule has 0 atom stereocenters. The SMILES string of the molecule is N#Cc1cc(F)ccc1NCCCN. The number of halogens is 1. The van der Waals surface area contributed by atoms with E-state index in [2.05, 4.69) is 5.32 Å². The van der Waals surface area contributed by atoms with Crippen LogP contribution < -0.4 is 11.1 Å². The molecule has 0 unspecified atom stereocenters. The summed E-state index contributed by atoms with van der Waals surface area (Å²) in [6.07, 6.45) is 0.822. The van der Waals surface area contributed by atoms with Gasteiger partial charge >= 0.3 is 0 Å². The lowest BCUT2D eigenvalue weighted by Gasteiger charge is -2.06. The molecule has 0 aliphatic rings. The van der Waals surface area contributed by atoms with Crippen LogP contribution in [-0.4, -0.2) is 13.1 Å². The van der Waals surface area contributed by atoms with Gasteiger partial charge in [-0.1, -0.05) is 0 Å². The van der Waals surface area contributed by atoms with Crippen LogP contribution in [0.1, 0.15) is 12.0 Å². The van der Waals surface area contributed by atoms with Crippen LogP contribution in [0.4, 0.5) is 10.1 Å². The second-order valence-electron chi connectivity index (χ2n) is 2.87. The maximum absolute atomic E-state index is 12.7.